The van der Waals surface area contributed by atoms with E-state index in [-0.39, 0.29) is 18.4 Å². The number of rotatable bonds is 14. The summed E-state index contributed by atoms with van der Waals surface area (Å²) in [6, 6.07) is 16.5. The molecule has 12 heteroatoms. The van der Waals surface area contributed by atoms with Crippen molar-refractivity contribution in [2.75, 3.05) is 25.2 Å². The first-order valence-corrected chi connectivity index (χ1v) is 13.5. The van der Waals surface area contributed by atoms with E-state index in [0.717, 1.165) is 5.56 Å². The number of hydrogen-bond acceptors (Lipinski definition) is 9. The summed E-state index contributed by atoms with van der Waals surface area (Å²) in [5, 5.41) is 2.89. The van der Waals surface area contributed by atoms with E-state index in [4.69, 9.17) is 19.7 Å². The topological polar surface area (TPSA) is 143 Å². The molecule has 0 saturated heterocycles. The average Bonchev–Trinajstić information content (AvgIpc) is 3.32. The molecule has 0 bridgehead atoms. The van der Waals surface area contributed by atoms with Gasteiger partial charge in [0.2, 0.25) is 5.91 Å². The van der Waals surface area contributed by atoms with E-state index in [1.165, 1.54) is 6.33 Å². The van der Waals surface area contributed by atoms with Crippen LogP contribution in [0.2, 0.25) is 0 Å². The number of hydrogen-bond donors (Lipinski definition) is 2. The summed E-state index contributed by atoms with van der Waals surface area (Å²) < 4.78 is 31.2. The average molecular weight is 538 g/mol. The Labute approximate surface area is 221 Å². The zero-order valence-corrected chi connectivity index (χ0v) is 21.9. The third kappa shape index (κ3) is 7.96. The SMILES string of the molecule is CC(Cn1cnc2c(N)ncnc21)OC[P+](=O)Oc1cccc(OCCCNC(=O)Cc2ccccc2)c1. The van der Waals surface area contributed by atoms with Gasteiger partial charge in [-0.05, 0) is 35.6 Å². The maximum Gasteiger partial charge on any atom is 0.585 e. The highest BCUT2D eigenvalue weighted by molar-refractivity contribution is 7.39. The van der Waals surface area contributed by atoms with E-state index in [0.29, 0.717) is 61.0 Å². The number of aromatic nitrogens is 4. The quantitative estimate of drug-likeness (QED) is 0.182. The number of imidazole rings is 1. The Morgan fingerprint density at radius 1 is 1.11 bits per heavy atom. The number of carbonyl (C=O) groups is 1. The van der Waals surface area contributed by atoms with E-state index < -0.39 is 8.03 Å². The smallest absolute Gasteiger partial charge is 0.493 e. The molecule has 2 unspecified atom stereocenters. The number of fused-ring (bicyclic) bond motifs is 1. The molecule has 0 spiro atoms. The lowest BCUT2D eigenvalue weighted by Crippen LogP contribution is -2.27. The van der Waals surface area contributed by atoms with Crippen molar-refractivity contribution in [3.63, 3.8) is 0 Å². The summed E-state index contributed by atoms with van der Waals surface area (Å²) in [4.78, 5) is 24.4. The van der Waals surface area contributed by atoms with E-state index in [1.54, 1.807) is 30.6 Å². The lowest BCUT2D eigenvalue weighted by molar-refractivity contribution is -0.120. The maximum absolute atomic E-state index is 12.4. The summed E-state index contributed by atoms with van der Waals surface area (Å²) >= 11 is 0. The number of nitrogens with one attached hydrogen (secondary N) is 1. The van der Waals surface area contributed by atoms with Crippen LogP contribution in [0, 0.1) is 0 Å². The minimum Gasteiger partial charge on any atom is -0.493 e. The molecule has 0 aliphatic carbocycles. The van der Waals surface area contributed by atoms with E-state index in [2.05, 4.69) is 20.3 Å². The summed E-state index contributed by atoms with van der Waals surface area (Å²) in [5.41, 5.74) is 7.94. The predicted molar refractivity (Wildman–Crippen MR) is 143 cm³/mol. The highest BCUT2D eigenvalue weighted by Crippen LogP contribution is 2.30. The molecule has 0 aliphatic rings. The molecule has 0 radical (unpaired) electrons. The van der Waals surface area contributed by atoms with Crippen molar-refractivity contribution in [2.24, 2.45) is 0 Å². The van der Waals surface area contributed by atoms with E-state index >= 15 is 0 Å². The van der Waals surface area contributed by atoms with Crippen LogP contribution < -0.4 is 20.3 Å². The van der Waals surface area contributed by atoms with Crippen molar-refractivity contribution in [1.29, 1.82) is 0 Å². The van der Waals surface area contributed by atoms with E-state index in [1.807, 2.05) is 41.8 Å². The minimum absolute atomic E-state index is 0.0241. The first-order chi connectivity index (χ1) is 18.5. The molecule has 4 aromatic rings. The van der Waals surface area contributed by atoms with Gasteiger partial charge in [0.25, 0.3) is 6.35 Å². The molecule has 0 fully saturated rings. The van der Waals surface area contributed by atoms with Crippen molar-refractivity contribution in [1.82, 2.24) is 24.8 Å². The van der Waals surface area contributed by atoms with Crippen LogP contribution >= 0.6 is 8.03 Å². The molecule has 3 N–H and O–H groups in total. The first kappa shape index (κ1) is 27.0. The van der Waals surface area contributed by atoms with Gasteiger partial charge in [-0.25, -0.2) is 15.0 Å². The van der Waals surface area contributed by atoms with Gasteiger partial charge in [-0.15, -0.1) is 0 Å². The van der Waals surface area contributed by atoms with Gasteiger partial charge in [0, 0.05) is 12.6 Å². The first-order valence-electron chi connectivity index (χ1n) is 12.2. The Kier molecular flexibility index (Phi) is 9.55. The second kappa shape index (κ2) is 13.5. The fourth-order valence-corrected chi connectivity index (χ4v) is 4.43. The molecule has 198 valence electrons. The molecule has 2 aromatic carbocycles. The summed E-state index contributed by atoms with van der Waals surface area (Å²) in [5.74, 6) is 1.30. The van der Waals surface area contributed by atoms with Crippen LogP contribution in [0.15, 0.2) is 67.3 Å². The summed E-state index contributed by atoms with van der Waals surface area (Å²) in [7, 11) is -2.10. The molecular weight excluding hydrogens is 507 g/mol. The van der Waals surface area contributed by atoms with Gasteiger partial charge < -0.3 is 25.1 Å². The number of nitrogens with zero attached hydrogens (tertiary/aromatic N) is 4. The van der Waals surface area contributed by atoms with Crippen LogP contribution in [0.5, 0.6) is 11.5 Å². The second-order valence-electron chi connectivity index (χ2n) is 8.55. The highest BCUT2D eigenvalue weighted by atomic mass is 31.1. The monoisotopic (exact) mass is 537 g/mol. The molecule has 1 amide bonds. The fraction of sp³-hybridized carbons (Fsp3) is 0.308. The molecule has 2 atom stereocenters. The number of benzene rings is 2. The number of amides is 1. The lowest BCUT2D eigenvalue weighted by Gasteiger charge is -2.10. The Morgan fingerprint density at radius 2 is 1.92 bits per heavy atom. The van der Waals surface area contributed by atoms with Gasteiger partial charge in [-0.1, -0.05) is 36.4 Å². The molecule has 2 aromatic heterocycles. The predicted octanol–water partition coefficient (Wildman–Crippen LogP) is 3.72. The lowest BCUT2D eigenvalue weighted by atomic mass is 10.1. The molecule has 0 saturated carbocycles. The Hall–Kier alpha value is -4.08. The third-order valence-corrected chi connectivity index (χ3v) is 6.25. The van der Waals surface area contributed by atoms with Gasteiger partial charge in [0.15, 0.2) is 17.2 Å². The number of nitrogens with two attached hydrogens (primary N) is 1. The molecule has 0 aliphatic heterocycles. The van der Waals surface area contributed by atoms with Gasteiger partial charge in [0.05, 0.1) is 32.0 Å². The highest BCUT2D eigenvalue weighted by Gasteiger charge is 2.22. The third-order valence-electron chi connectivity index (χ3n) is 5.48. The van der Waals surface area contributed by atoms with Crippen LogP contribution in [0.25, 0.3) is 11.2 Å². The summed E-state index contributed by atoms with van der Waals surface area (Å²) in [6.07, 6.45) is 3.66. The van der Waals surface area contributed by atoms with Crippen molar-refractivity contribution in [3.8, 4) is 11.5 Å². The van der Waals surface area contributed by atoms with Crippen molar-refractivity contribution >= 4 is 30.9 Å². The molecule has 4 rings (SSSR count). The van der Waals surface area contributed by atoms with Crippen LogP contribution in [0.4, 0.5) is 5.82 Å². The molecule has 2 heterocycles. The van der Waals surface area contributed by atoms with Gasteiger partial charge in [0.1, 0.15) is 17.6 Å². The van der Waals surface area contributed by atoms with E-state index in [9.17, 15) is 9.36 Å². The maximum atomic E-state index is 12.4. The van der Waals surface area contributed by atoms with Gasteiger partial charge >= 0.3 is 8.03 Å². The molecular formula is C26H30N6O5P+. The van der Waals surface area contributed by atoms with Crippen molar-refractivity contribution < 1.29 is 23.4 Å². The van der Waals surface area contributed by atoms with Gasteiger partial charge in [-0.3, -0.25) is 9.32 Å². The summed E-state index contributed by atoms with van der Waals surface area (Å²) in [6.45, 7) is 3.24. The van der Waals surface area contributed by atoms with Gasteiger partial charge in [-0.2, -0.15) is 0 Å². The van der Waals surface area contributed by atoms with Crippen LogP contribution in [-0.4, -0.2) is 51.0 Å². The van der Waals surface area contributed by atoms with Crippen molar-refractivity contribution in [3.05, 3.63) is 72.8 Å². The zero-order chi connectivity index (χ0) is 26.7. The zero-order valence-electron chi connectivity index (χ0n) is 21.0. The van der Waals surface area contributed by atoms with Crippen LogP contribution in [0.3, 0.4) is 0 Å². The second-order valence-corrected chi connectivity index (χ2v) is 9.65. The van der Waals surface area contributed by atoms with Crippen molar-refractivity contribution in [2.45, 2.75) is 32.4 Å². The Bertz CT molecular complexity index is 1370. The van der Waals surface area contributed by atoms with Crippen LogP contribution in [0.1, 0.15) is 18.9 Å². The number of nitrogen functional groups attached to an aromatic ring is 1. The molecule has 38 heavy (non-hydrogen) atoms. The largest absolute Gasteiger partial charge is 0.585 e. The molecule has 11 nitrogen and oxygen atoms in total. The normalized spacial score (nSPS) is 12.2. The number of anilines is 1. The Balaban J connectivity index is 1.14. The number of carbonyl (C=O) groups excluding carboxylic acids is 1. The Morgan fingerprint density at radius 3 is 2.76 bits per heavy atom. The van der Waals surface area contributed by atoms with Crippen LogP contribution in [-0.2, 0) is 27.1 Å². The minimum atomic E-state index is -2.10. The number of ether oxygens (including phenoxy) is 2. The fourth-order valence-electron chi connectivity index (χ4n) is 3.65. The standard InChI is InChI=1S/C26H29N6O5P/c1-19(15-32-17-31-24-25(27)29-16-30-26(24)32)36-18-38(34)37-22-10-5-9-21(14-22)35-12-6-11-28-23(33)13-20-7-3-2-4-8-20/h2-5,7-10,14,16-17,19H,6,11-13,15,18H2,1H3,(H2-,27,28,29,30,33)/p+1.